The summed E-state index contributed by atoms with van der Waals surface area (Å²) in [6.07, 6.45) is 3.84. The summed E-state index contributed by atoms with van der Waals surface area (Å²) in [6.45, 7) is 5.26. The lowest BCUT2D eigenvalue weighted by Crippen LogP contribution is -2.02. The van der Waals surface area contributed by atoms with Crippen LogP contribution in [0.2, 0.25) is 0 Å². The van der Waals surface area contributed by atoms with Crippen molar-refractivity contribution in [3.63, 3.8) is 0 Å². The third-order valence-corrected chi connectivity index (χ3v) is 4.25. The van der Waals surface area contributed by atoms with E-state index >= 15 is 0 Å². The second kappa shape index (κ2) is 5.08. The second-order valence-electron chi connectivity index (χ2n) is 5.56. The van der Waals surface area contributed by atoms with Crippen molar-refractivity contribution in [3.8, 4) is 0 Å². The number of fused-ring (bicyclic) bond motifs is 1. The molecule has 0 heterocycles. The maximum absolute atomic E-state index is 3.56. The highest BCUT2D eigenvalue weighted by Crippen LogP contribution is 2.24. The van der Waals surface area contributed by atoms with Crippen LogP contribution in [0.1, 0.15) is 34.2 Å². The van der Waals surface area contributed by atoms with Crippen LogP contribution >= 0.6 is 0 Å². The van der Waals surface area contributed by atoms with Crippen LogP contribution in [0.5, 0.6) is 0 Å². The Morgan fingerprint density at radius 1 is 1.00 bits per heavy atom. The molecule has 0 aromatic heterocycles. The highest BCUT2D eigenvalue weighted by Gasteiger charge is 2.10. The van der Waals surface area contributed by atoms with E-state index in [1.54, 1.807) is 11.1 Å². The molecule has 1 nitrogen and oxygen atoms in total. The third-order valence-electron chi connectivity index (χ3n) is 4.25. The van der Waals surface area contributed by atoms with Gasteiger partial charge >= 0.3 is 0 Å². The third kappa shape index (κ3) is 2.51. The molecule has 98 valence electrons. The first-order chi connectivity index (χ1) is 9.24. The molecule has 0 fully saturated rings. The lowest BCUT2D eigenvalue weighted by molar-refractivity contribution is 0.911. The van der Waals surface area contributed by atoms with Gasteiger partial charge in [-0.2, -0.15) is 0 Å². The van der Waals surface area contributed by atoms with Crippen molar-refractivity contribution in [2.24, 2.45) is 0 Å². The molecule has 3 rings (SSSR count). The SMILES string of the molecule is Cc1cccc(NCc2ccc3c(c2)CCC3)c1C. The maximum Gasteiger partial charge on any atom is 0.0400 e. The van der Waals surface area contributed by atoms with Gasteiger partial charge in [0.2, 0.25) is 0 Å². The number of rotatable bonds is 3. The lowest BCUT2D eigenvalue weighted by Gasteiger charge is -2.12. The van der Waals surface area contributed by atoms with Gasteiger partial charge in [-0.25, -0.2) is 0 Å². The number of aryl methyl sites for hydroxylation is 3. The van der Waals surface area contributed by atoms with E-state index in [2.05, 4.69) is 55.6 Å². The highest BCUT2D eigenvalue weighted by atomic mass is 14.9. The van der Waals surface area contributed by atoms with Crippen molar-refractivity contribution >= 4 is 5.69 Å². The number of anilines is 1. The van der Waals surface area contributed by atoms with Gasteiger partial charge in [0.25, 0.3) is 0 Å². The molecule has 1 aliphatic rings. The van der Waals surface area contributed by atoms with E-state index in [1.165, 1.54) is 41.6 Å². The van der Waals surface area contributed by atoms with Gasteiger partial charge in [0.15, 0.2) is 0 Å². The molecule has 0 aliphatic heterocycles. The van der Waals surface area contributed by atoms with Crippen molar-refractivity contribution in [1.82, 2.24) is 0 Å². The number of nitrogens with one attached hydrogen (secondary N) is 1. The van der Waals surface area contributed by atoms with Gasteiger partial charge in [-0.05, 0) is 67.0 Å². The number of hydrogen-bond acceptors (Lipinski definition) is 1. The van der Waals surface area contributed by atoms with Gasteiger partial charge in [0.1, 0.15) is 0 Å². The molecule has 0 radical (unpaired) electrons. The molecule has 1 heteroatoms. The zero-order chi connectivity index (χ0) is 13.2. The number of hydrogen-bond donors (Lipinski definition) is 1. The Kier molecular flexibility index (Phi) is 3.29. The Balaban J connectivity index is 1.74. The van der Waals surface area contributed by atoms with Crippen LogP contribution in [0.25, 0.3) is 0 Å². The topological polar surface area (TPSA) is 12.0 Å². The van der Waals surface area contributed by atoms with Gasteiger partial charge in [-0.3, -0.25) is 0 Å². The molecule has 19 heavy (non-hydrogen) atoms. The van der Waals surface area contributed by atoms with Crippen LogP contribution in [-0.4, -0.2) is 0 Å². The maximum atomic E-state index is 3.56. The van der Waals surface area contributed by atoms with Gasteiger partial charge in [-0.1, -0.05) is 30.3 Å². The van der Waals surface area contributed by atoms with Crippen LogP contribution in [0.15, 0.2) is 36.4 Å². The van der Waals surface area contributed by atoms with E-state index < -0.39 is 0 Å². The molecule has 0 saturated heterocycles. The summed E-state index contributed by atoms with van der Waals surface area (Å²) < 4.78 is 0. The van der Waals surface area contributed by atoms with E-state index in [1.807, 2.05) is 0 Å². The Hall–Kier alpha value is -1.76. The predicted octanol–water partition coefficient (Wildman–Crippen LogP) is 4.40. The van der Waals surface area contributed by atoms with Crippen molar-refractivity contribution in [1.29, 1.82) is 0 Å². The molecule has 0 saturated carbocycles. The Morgan fingerprint density at radius 3 is 2.74 bits per heavy atom. The molecule has 0 spiro atoms. The minimum atomic E-state index is 0.914. The summed E-state index contributed by atoms with van der Waals surface area (Å²) in [7, 11) is 0. The van der Waals surface area contributed by atoms with Crippen LogP contribution < -0.4 is 5.32 Å². The van der Waals surface area contributed by atoms with E-state index in [0.29, 0.717) is 0 Å². The zero-order valence-corrected chi connectivity index (χ0v) is 11.8. The average molecular weight is 251 g/mol. The molecule has 2 aromatic rings. The van der Waals surface area contributed by atoms with Crippen LogP contribution in [-0.2, 0) is 19.4 Å². The van der Waals surface area contributed by atoms with Crippen molar-refractivity contribution < 1.29 is 0 Å². The standard InChI is InChI=1S/C18H21N/c1-13-5-3-8-18(14(13)2)19-12-15-9-10-16-6-4-7-17(16)11-15/h3,5,8-11,19H,4,6-7,12H2,1-2H3. The van der Waals surface area contributed by atoms with Gasteiger partial charge < -0.3 is 5.32 Å². The molecule has 0 atom stereocenters. The minimum absolute atomic E-state index is 0.914. The fourth-order valence-electron chi connectivity index (χ4n) is 2.88. The van der Waals surface area contributed by atoms with Gasteiger partial charge in [0, 0.05) is 12.2 Å². The quantitative estimate of drug-likeness (QED) is 0.852. The second-order valence-corrected chi connectivity index (χ2v) is 5.56. The number of benzene rings is 2. The molecule has 1 N–H and O–H groups in total. The summed E-state index contributed by atoms with van der Waals surface area (Å²) in [5.74, 6) is 0. The first kappa shape index (κ1) is 12.3. The molecule has 0 unspecified atom stereocenters. The van der Waals surface area contributed by atoms with Crippen LogP contribution in [0.3, 0.4) is 0 Å². The van der Waals surface area contributed by atoms with E-state index in [0.717, 1.165) is 6.54 Å². The van der Waals surface area contributed by atoms with Crippen LogP contribution in [0.4, 0.5) is 5.69 Å². The van der Waals surface area contributed by atoms with E-state index in [9.17, 15) is 0 Å². The lowest BCUT2D eigenvalue weighted by atomic mass is 10.1. The first-order valence-corrected chi connectivity index (χ1v) is 7.15. The predicted molar refractivity (Wildman–Crippen MR) is 81.7 cm³/mol. The summed E-state index contributed by atoms with van der Waals surface area (Å²) in [5, 5.41) is 3.56. The zero-order valence-electron chi connectivity index (χ0n) is 11.8. The smallest absolute Gasteiger partial charge is 0.0400 e. The molecular formula is C18H21N. The summed E-state index contributed by atoms with van der Waals surface area (Å²) in [4.78, 5) is 0. The normalized spacial score (nSPS) is 13.4. The Labute approximate surface area is 115 Å². The van der Waals surface area contributed by atoms with Crippen molar-refractivity contribution in [2.75, 3.05) is 5.32 Å². The van der Waals surface area contributed by atoms with Gasteiger partial charge in [-0.15, -0.1) is 0 Å². The van der Waals surface area contributed by atoms with Gasteiger partial charge in [0.05, 0.1) is 0 Å². The Morgan fingerprint density at radius 2 is 1.84 bits per heavy atom. The fourth-order valence-corrected chi connectivity index (χ4v) is 2.88. The van der Waals surface area contributed by atoms with E-state index in [-0.39, 0.29) is 0 Å². The summed E-state index contributed by atoms with van der Waals surface area (Å²) in [6, 6.07) is 13.4. The molecule has 1 aliphatic carbocycles. The van der Waals surface area contributed by atoms with Crippen molar-refractivity contribution in [2.45, 2.75) is 39.7 Å². The average Bonchev–Trinajstić information content (AvgIpc) is 2.88. The largest absolute Gasteiger partial charge is 0.381 e. The molecule has 2 aromatic carbocycles. The molecule has 0 bridgehead atoms. The molecular weight excluding hydrogens is 230 g/mol. The fraction of sp³-hybridized carbons (Fsp3) is 0.333. The summed E-state index contributed by atoms with van der Waals surface area (Å²) >= 11 is 0. The van der Waals surface area contributed by atoms with Crippen LogP contribution in [0, 0.1) is 13.8 Å². The molecule has 0 amide bonds. The summed E-state index contributed by atoms with van der Waals surface area (Å²) in [5.41, 5.74) is 8.44. The minimum Gasteiger partial charge on any atom is -0.381 e. The van der Waals surface area contributed by atoms with E-state index in [4.69, 9.17) is 0 Å². The highest BCUT2D eigenvalue weighted by molar-refractivity contribution is 5.54. The van der Waals surface area contributed by atoms with Crippen molar-refractivity contribution in [3.05, 3.63) is 64.2 Å². The monoisotopic (exact) mass is 251 g/mol. The Bertz CT molecular complexity index is 599. The first-order valence-electron chi connectivity index (χ1n) is 7.15.